The number of carbonyl (C=O) groups is 1. The molecule has 1 aliphatic rings. The highest BCUT2D eigenvalue weighted by molar-refractivity contribution is 5.78. The van der Waals surface area contributed by atoms with Gasteiger partial charge in [0.25, 0.3) is 0 Å². The molecule has 98 valence electrons. The Kier molecular flexibility index (Phi) is 3.90. The average molecular weight is 248 g/mol. The second-order valence-electron chi connectivity index (χ2n) is 5.13. The SMILES string of the molecule is Cc1cccc(OC2(C(=O)O)CCCCCC2)c1. The summed E-state index contributed by atoms with van der Waals surface area (Å²) in [6.07, 6.45) is 5.28. The Hall–Kier alpha value is -1.51. The van der Waals surface area contributed by atoms with E-state index in [-0.39, 0.29) is 0 Å². The Balaban J connectivity index is 2.22. The van der Waals surface area contributed by atoms with Crippen molar-refractivity contribution in [1.29, 1.82) is 0 Å². The minimum atomic E-state index is -1.02. The van der Waals surface area contributed by atoms with Crippen LogP contribution in [0.1, 0.15) is 44.1 Å². The fraction of sp³-hybridized carbons (Fsp3) is 0.533. The van der Waals surface area contributed by atoms with Crippen molar-refractivity contribution in [3.05, 3.63) is 29.8 Å². The number of carboxylic acid groups (broad SMARTS) is 1. The van der Waals surface area contributed by atoms with Gasteiger partial charge in [0.1, 0.15) is 5.75 Å². The summed E-state index contributed by atoms with van der Waals surface area (Å²) in [6.45, 7) is 1.98. The van der Waals surface area contributed by atoms with Crippen LogP contribution in [0.4, 0.5) is 0 Å². The number of rotatable bonds is 3. The molecule has 0 bridgehead atoms. The highest BCUT2D eigenvalue weighted by atomic mass is 16.5. The van der Waals surface area contributed by atoms with Gasteiger partial charge in [-0.05, 0) is 50.3 Å². The van der Waals surface area contributed by atoms with E-state index in [9.17, 15) is 9.90 Å². The molecule has 2 rings (SSSR count). The molecule has 18 heavy (non-hydrogen) atoms. The largest absolute Gasteiger partial charge is 0.478 e. The van der Waals surface area contributed by atoms with Crippen LogP contribution in [0.2, 0.25) is 0 Å². The van der Waals surface area contributed by atoms with Gasteiger partial charge in [-0.25, -0.2) is 4.79 Å². The molecule has 1 aliphatic carbocycles. The zero-order valence-electron chi connectivity index (χ0n) is 10.8. The number of aliphatic carboxylic acids is 1. The molecule has 0 radical (unpaired) electrons. The van der Waals surface area contributed by atoms with Crippen molar-refractivity contribution in [2.24, 2.45) is 0 Å². The molecule has 0 atom stereocenters. The van der Waals surface area contributed by atoms with Crippen molar-refractivity contribution in [3.63, 3.8) is 0 Å². The molecule has 3 nitrogen and oxygen atoms in total. The van der Waals surface area contributed by atoms with E-state index < -0.39 is 11.6 Å². The van der Waals surface area contributed by atoms with Gasteiger partial charge in [-0.15, -0.1) is 0 Å². The predicted octanol–water partition coefficient (Wildman–Crippen LogP) is 3.55. The summed E-state index contributed by atoms with van der Waals surface area (Å²) in [4.78, 5) is 11.6. The first kappa shape index (κ1) is 12.9. The van der Waals surface area contributed by atoms with E-state index in [1.807, 2.05) is 31.2 Å². The van der Waals surface area contributed by atoms with Crippen LogP contribution in [-0.4, -0.2) is 16.7 Å². The lowest BCUT2D eigenvalue weighted by molar-refractivity contribution is -0.156. The first-order valence-electron chi connectivity index (χ1n) is 6.61. The van der Waals surface area contributed by atoms with Gasteiger partial charge in [-0.3, -0.25) is 0 Å². The third kappa shape index (κ3) is 2.84. The molecule has 1 fully saturated rings. The lowest BCUT2D eigenvalue weighted by atomic mass is 9.94. The Labute approximate surface area is 108 Å². The van der Waals surface area contributed by atoms with E-state index in [2.05, 4.69) is 0 Å². The highest BCUT2D eigenvalue weighted by Gasteiger charge is 2.41. The summed E-state index contributed by atoms with van der Waals surface area (Å²) in [5, 5.41) is 9.52. The molecule has 1 aromatic rings. The quantitative estimate of drug-likeness (QED) is 0.832. The zero-order chi connectivity index (χ0) is 13.0. The van der Waals surface area contributed by atoms with Crippen LogP contribution >= 0.6 is 0 Å². The molecule has 0 amide bonds. The smallest absolute Gasteiger partial charge is 0.348 e. The summed E-state index contributed by atoms with van der Waals surface area (Å²) in [7, 11) is 0. The standard InChI is InChI=1S/C15H20O3/c1-12-7-6-8-13(11-12)18-15(14(16)17)9-4-2-3-5-10-15/h6-8,11H,2-5,9-10H2,1H3,(H,16,17). The summed E-state index contributed by atoms with van der Waals surface area (Å²) in [6, 6.07) is 7.61. The fourth-order valence-electron chi connectivity index (χ4n) is 2.56. The summed E-state index contributed by atoms with van der Waals surface area (Å²) >= 11 is 0. The number of benzene rings is 1. The Bertz CT molecular complexity index is 418. The van der Waals surface area contributed by atoms with Gasteiger partial charge in [0.2, 0.25) is 5.60 Å². The average Bonchev–Trinajstić information content (AvgIpc) is 2.55. The highest BCUT2D eigenvalue weighted by Crippen LogP contribution is 2.32. The molecule has 0 aromatic heterocycles. The van der Waals surface area contributed by atoms with E-state index in [0.29, 0.717) is 18.6 Å². The monoisotopic (exact) mass is 248 g/mol. The molecule has 3 heteroatoms. The number of ether oxygens (including phenoxy) is 1. The van der Waals surface area contributed by atoms with Gasteiger partial charge >= 0.3 is 5.97 Å². The van der Waals surface area contributed by atoms with Gasteiger partial charge in [-0.2, -0.15) is 0 Å². The van der Waals surface area contributed by atoms with Crippen molar-refractivity contribution >= 4 is 5.97 Å². The van der Waals surface area contributed by atoms with Crippen molar-refractivity contribution in [3.8, 4) is 5.75 Å². The molecule has 0 saturated heterocycles. The minimum Gasteiger partial charge on any atom is -0.478 e. The van der Waals surface area contributed by atoms with Crippen LogP contribution in [0.15, 0.2) is 24.3 Å². The summed E-state index contributed by atoms with van der Waals surface area (Å²) in [5.41, 5.74) is 0.0614. The summed E-state index contributed by atoms with van der Waals surface area (Å²) < 4.78 is 5.87. The maximum atomic E-state index is 11.6. The first-order valence-corrected chi connectivity index (χ1v) is 6.61. The van der Waals surface area contributed by atoms with Crippen molar-refractivity contribution in [1.82, 2.24) is 0 Å². The molecule has 0 aliphatic heterocycles. The van der Waals surface area contributed by atoms with Crippen molar-refractivity contribution in [2.75, 3.05) is 0 Å². The third-order valence-corrected chi connectivity index (χ3v) is 3.60. The van der Waals surface area contributed by atoms with Gasteiger partial charge in [0, 0.05) is 0 Å². The molecule has 0 unspecified atom stereocenters. The molecule has 0 heterocycles. The van der Waals surface area contributed by atoms with E-state index in [0.717, 1.165) is 31.2 Å². The van der Waals surface area contributed by atoms with Gasteiger partial charge in [-0.1, -0.05) is 25.0 Å². The number of hydrogen-bond donors (Lipinski definition) is 1. The number of carboxylic acids is 1. The Morgan fingerprint density at radius 2 is 1.89 bits per heavy atom. The fourth-order valence-corrected chi connectivity index (χ4v) is 2.56. The van der Waals surface area contributed by atoms with Crippen molar-refractivity contribution < 1.29 is 14.6 Å². The second-order valence-corrected chi connectivity index (χ2v) is 5.13. The predicted molar refractivity (Wildman–Crippen MR) is 69.9 cm³/mol. The van der Waals surface area contributed by atoms with E-state index >= 15 is 0 Å². The molecule has 1 aromatic carbocycles. The lowest BCUT2D eigenvalue weighted by Gasteiger charge is -2.29. The molecule has 1 saturated carbocycles. The van der Waals surface area contributed by atoms with E-state index in [1.165, 1.54) is 0 Å². The molecular formula is C15H20O3. The van der Waals surface area contributed by atoms with Crippen LogP contribution in [0.3, 0.4) is 0 Å². The van der Waals surface area contributed by atoms with Crippen LogP contribution in [-0.2, 0) is 4.79 Å². The van der Waals surface area contributed by atoms with Crippen LogP contribution < -0.4 is 4.74 Å². The molecule has 0 spiro atoms. The van der Waals surface area contributed by atoms with E-state index in [4.69, 9.17) is 4.74 Å². The minimum absolute atomic E-state index is 0.607. The van der Waals surface area contributed by atoms with Gasteiger partial charge < -0.3 is 9.84 Å². The Morgan fingerprint density at radius 3 is 2.44 bits per heavy atom. The zero-order valence-corrected chi connectivity index (χ0v) is 10.8. The van der Waals surface area contributed by atoms with Gasteiger partial charge in [0.15, 0.2) is 0 Å². The maximum Gasteiger partial charge on any atom is 0.348 e. The number of aryl methyl sites for hydroxylation is 1. The molecule has 1 N–H and O–H groups in total. The first-order chi connectivity index (χ1) is 8.62. The van der Waals surface area contributed by atoms with Crippen LogP contribution in [0.5, 0.6) is 5.75 Å². The summed E-state index contributed by atoms with van der Waals surface area (Å²) in [5.74, 6) is -0.162. The maximum absolute atomic E-state index is 11.6. The number of hydrogen-bond acceptors (Lipinski definition) is 2. The van der Waals surface area contributed by atoms with Crippen LogP contribution in [0.25, 0.3) is 0 Å². The second kappa shape index (κ2) is 5.42. The van der Waals surface area contributed by atoms with E-state index in [1.54, 1.807) is 0 Å². The normalized spacial score (nSPS) is 18.9. The Morgan fingerprint density at radius 1 is 1.22 bits per heavy atom. The molecular weight excluding hydrogens is 228 g/mol. The lowest BCUT2D eigenvalue weighted by Crippen LogP contribution is -2.44. The van der Waals surface area contributed by atoms with Crippen molar-refractivity contribution in [2.45, 2.75) is 51.0 Å². The third-order valence-electron chi connectivity index (χ3n) is 3.60. The topological polar surface area (TPSA) is 46.5 Å². The van der Waals surface area contributed by atoms with Crippen LogP contribution in [0, 0.1) is 6.92 Å². The van der Waals surface area contributed by atoms with Gasteiger partial charge in [0.05, 0.1) is 0 Å².